The van der Waals surface area contributed by atoms with Crippen LogP contribution in [0.5, 0.6) is 0 Å². The SMILES string of the molecule is CCn1ccc(=O)n(CCNc2ccc(C)cc2)c1=O. The molecule has 106 valence electrons. The number of benzene rings is 1. The van der Waals surface area contributed by atoms with E-state index in [4.69, 9.17) is 0 Å². The summed E-state index contributed by atoms with van der Waals surface area (Å²) in [6.07, 6.45) is 1.54. The highest BCUT2D eigenvalue weighted by atomic mass is 16.2. The number of nitrogens with one attached hydrogen (secondary N) is 1. The van der Waals surface area contributed by atoms with Crippen LogP contribution in [0.25, 0.3) is 0 Å². The average molecular weight is 273 g/mol. The first kappa shape index (κ1) is 14.1. The van der Waals surface area contributed by atoms with Crippen LogP contribution in [0.3, 0.4) is 0 Å². The number of rotatable bonds is 5. The standard InChI is InChI=1S/C15H19N3O2/c1-3-17-10-8-14(19)18(15(17)20)11-9-16-13-6-4-12(2)5-7-13/h4-8,10,16H,3,9,11H2,1-2H3. The van der Waals surface area contributed by atoms with Crippen LogP contribution >= 0.6 is 0 Å². The quantitative estimate of drug-likeness (QED) is 0.897. The van der Waals surface area contributed by atoms with Gasteiger partial charge in [0.05, 0.1) is 0 Å². The van der Waals surface area contributed by atoms with Gasteiger partial charge in [0.25, 0.3) is 5.56 Å². The zero-order valence-corrected chi connectivity index (χ0v) is 11.8. The van der Waals surface area contributed by atoms with E-state index in [-0.39, 0.29) is 11.2 Å². The molecular formula is C15H19N3O2. The molecular weight excluding hydrogens is 254 g/mol. The molecule has 2 aromatic rings. The maximum Gasteiger partial charge on any atom is 0.331 e. The van der Waals surface area contributed by atoms with E-state index in [9.17, 15) is 9.59 Å². The Bertz CT molecular complexity index is 684. The van der Waals surface area contributed by atoms with Crippen LogP contribution in [0.4, 0.5) is 5.69 Å². The maximum atomic E-state index is 12.0. The summed E-state index contributed by atoms with van der Waals surface area (Å²) in [6.45, 7) is 5.35. The minimum absolute atomic E-state index is 0.259. The molecule has 0 saturated heterocycles. The van der Waals surface area contributed by atoms with Gasteiger partial charge in [-0.1, -0.05) is 17.7 Å². The molecule has 0 unspecified atom stereocenters. The van der Waals surface area contributed by atoms with Crippen LogP contribution in [0.15, 0.2) is 46.1 Å². The molecule has 0 atom stereocenters. The van der Waals surface area contributed by atoms with E-state index in [0.717, 1.165) is 5.69 Å². The second kappa shape index (κ2) is 6.23. The van der Waals surface area contributed by atoms with Crippen molar-refractivity contribution in [1.29, 1.82) is 0 Å². The second-order valence-electron chi connectivity index (χ2n) is 4.67. The molecule has 0 aliphatic heterocycles. The van der Waals surface area contributed by atoms with Crippen molar-refractivity contribution in [1.82, 2.24) is 9.13 Å². The summed E-state index contributed by atoms with van der Waals surface area (Å²) in [5.41, 5.74) is 1.66. The molecule has 1 N–H and O–H groups in total. The van der Waals surface area contributed by atoms with Crippen LogP contribution in [-0.4, -0.2) is 15.7 Å². The highest BCUT2D eigenvalue weighted by molar-refractivity contribution is 5.44. The Morgan fingerprint density at radius 3 is 2.45 bits per heavy atom. The van der Waals surface area contributed by atoms with Crippen molar-refractivity contribution >= 4 is 5.69 Å². The predicted octanol–water partition coefficient (Wildman–Crippen LogP) is 1.45. The molecule has 1 aromatic carbocycles. The number of aryl methyl sites for hydroxylation is 2. The van der Waals surface area contributed by atoms with Gasteiger partial charge in [-0.25, -0.2) is 4.79 Å². The molecule has 1 heterocycles. The Morgan fingerprint density at radius 1 is 1.10 bits per heavy atom. The van der Waals surface area contributed by atoms with Gasteiger partial charge in [0.1, 0.15) is 0 Å². The average Bonchev–Trinajstić information content (AvgIpc) is 2.44. The highest BCUT2D eigenvalue weighted by Gasteiger charge is 2.03. The van der Waals surface area contributed by atoms with E-state index < -0.39 is 0 Å². The minimum Gasteiger partial charge on any atom is -0.383 e. The molecule has 2 rings (SSSR count). The van der Waals surface area contributed by atoms with Crippen molar-refractivity contribution in [2.45, 2.75) is 26.9 Å². The van der Waals surface area contributed by atoms with Gasteiger partial charge >= 0.3 is 5.69 Å². The number of hydrogen-bond acceptors (Lipinski definition) is 3. The molecule has 0 fully saturated rings. The molecule has 0 aliphatic carbocycles. The summed E-state index contributed by atoms with van der Waals surface area (Å²) in [4.78, 5) is 23.7. The van der Waals surface area contributed by atoms with Crippen LogP contribution < -0.4 is 16.6 Å². The fraction of sp³-hybridized carbons (Fsp3) is 0.333. The first-order chi connectivity index (χ1) is 9.61. The third-order valence-electron chi connectivity index (χ3n) is 3.20. The van der Waals surface area contributed by atoms with Crippen LogP contribution in [0.2, 0.25) is 0 Å². The zero-order chi connectivity index (χ0) is 14.5. The van der Waals surface area contributed by atoms with Crippen molar-refractivity contribution < 1.29 is 0 Å². The Kier molecular flexibility index (Phi) is 4.40. The number of aromatic nitrogens is 2. The predicted molar refractivity (Wildman–Crippen MR) is 80.3 cm³/mol. The van der Waals surface area contributed by atoms with Gasteiger partial charge in [-0.3, -0.25) is 9.36 Å². The maximum absolute atomic E-state index is 12.0. The van der Waals surface area contributed by atoms with Crippen LogP contribution in [0, 0.1) is 6.92 Å². The Morgan fingerprint density at radius 2 is 1.80 bits per heavy atom. The summed E-state index contributed by atoms with van der Waals surface area (Å²) < 4.78 is 2.78. The van der Waals surface area contributed by atoms with Crippen molar-refractivity contribution in [3.63, 3.8) is 0 Å². The van der Waals surface area contributed by atoms with E-state index in [1.165, 1.54) is 27.0 Å². The molecule has 0 aliphatic rings. The van der Waals surface area contributed by atoms with Gasteiger partial charge in [0, 0.05) is 37.6 Å². The Labute approximate surface area is 117 Å². The molecule has 0 amide bonds. The number of anilines is 1. The van der Waals surface area contributed by atoms with Gasteiger partial charge in [-0.2, -0.15) is 0 Å². The lowest BCUT2D eigenvalue weighted by molar-refractivity contribution is 0.577. The van der Waals surface area contributed by atoms with Gasteiger partial charge in [0.15, 0.2) is 0 Å². The zero-order valence-electron chi connectivity index (χ0n) is 11.8. The van der Waals surface area contributed by atoms with Crippen LogP contribution in [-0.2, 0) is 13.1 Å². The summed E-state index contributed by atoms with van der Waals surface area (Å²) >= 11 is 0. The normalized spacial score (nSPS) is 10.5. The van der Waals surface area contributed by atoms with Crippen LogP contribution in [0.1, 0.15) is 12.5 Å². The van der Waals surface area contributed by atoms with E-state index >= 15 is 0 Å². The highest BCUT2D eigenvalue weighted by Crippen LogP contribution is 2.07. The molecule has 1 aromatic heterocycles. The smallest absolute Gasteiger partial charge is 0.331 e. The number of nitrogens with zero attached hydrogens (tertiary/aromatic N) is 2. The molecule has 5 nitrogen and oxygen atoms in total. The van der Waals surface area contributed by atoms with Gasteiger partial charge < -0.3 is 9.88 Å². The molecule has 0 spiro atoms. The largest absolute Gasteiger partial charge is 0.383 e. The summed E-state index contributed by atoms with van der Waals surface area (Å²) in [5.74, 6) is 0. The lowest BCUT2D eigenvalue weighted by atomic mass is 10.2. The van der Waals surface area contributed by atoms with E-state index in [1.807, 2.05) is 38.1 Å². The van der Waals surface area contributed by atoms with Crippen molar-refractivity contribution in [3.8, 4) is 0 Å². The Hall–Kier alpha value is -2.30. The van der Waals surface area contributed by atoms with Gasteiger partial charge in [0.2, 0.25) is 0 Å². The van der Waals surface area contributed by atoms with Crippen molar-refractivity contribution in [2.24, 2.45) is 0 Å². The number of hydrogen-bond donors (Lipinski definition) is 1. The van der Waals surface area contributed by atoms with E-state index in [2.05, 4.69) is 5.32 Å². The minimum atomic E-state index is -0.259. The lowest BCUT2D eigenvalue weighted by Crippen LogP contribution is -2.40. The Balaban J connectivity index is 2.06. The topological polar surface area (TPSA) is 56.0 Å². The summed E-state index contributed by atoms with van der Waals surface area (Å²) in [7, 11) is 0. The molecule has 0 bridgehead atoms. The molecule has 0 saturated carbocycles. The second-order valence-corrected chi connectivity index (χ2v) is 4.67. The molecule has 0 radical (unpaired) electrons. The lowest BCUT2D eigenvalue weighted by Gasteiger charge is -2.10. The van der Waals surface area contributed by atoms with Crippen molar-refractivity contribution in [3.05, 3.63) is 62.9 Å². The van der Waals surface area contributed by atoms with Gasteiger partial charge in [-0.15, -0.1) is 0 Å². The fourth-order valence-corrected chi connectivity index (χ4v) is 1.99. The first-order valence-corrected chi connectivity index (χ1v) is 6.72. The monoisotopic (exact) mass is 273 g/mol. The van der Waals surface area contributed by atoms with E-state index in [0.29, 0.717) is 19.6 Å². The molecule has 20 heavy (non-hydrogen) atoms. The summed E-state index contributed by atoms with van der Waals surface area (Å²) in [6, 6.07) is 9.42. The molecule has 5 heteroatoms. The van der Waals surface area contributed by atoms with Gasteiger partial charge in [-0.05, 0) is 26.0 Å². The third-order valence-corrected chi connectivity index (χ3v) is 3.20. The van der Waals surface area contributed by atoms with Crippen molar-refractivity contribution in [2.75, 3.05) is 11.9 Å². The summed E-state index contributed by atoms with van der Waals surface area (Å²) in [5, 5.41) is 3.20. The van der Waals surface area contributed by atoms with E-state index in [1.54, 1.807) is 0 Å². The first-order valence-electron chi connectivity index (χ1n) is 6.72. The fourth-order valence-electron chi connectivity index (χ4n) is 1.99. The third kappa shape index (κ3) is 3.17.